The highest BCUT2D eigenvalue weighted by Crippen LogP contribution is 2.42. The van der Waals surface area contributed by atoms with Crippen molar-refractivity contribution < 1.29 is 18.0 Å². The zero-order chi connectivity index (χ0) is 30.6. The Morgan fingerprint density at radius 1 is 0.907 bits per heavy atom. The van der Waals surface area contributed by atoms with Gasteiger partial charge in [-0.25, -0.2) is 8.42 Å². The van der Waals surface area contributed by atoms with Crippen molar-refractivity contribution in [3.8, 4) is 0 Å². The van der Waals surface area contributed by atoms with Crippen molar-refractivity contribution in [3.63, 3.8) is 0 Å². The van der Waals surface area contributed by atoms with Gasteiger partial charge in [0.1, 0.15) is 6.04 Å². The van der Waals surface area contributed by atoms with Crippen LogP contribution in [0.2, 0.25) is 5.02 Å². The first-order valence-electron chi connectivity index (χ1n) is 14.6. The van der Waals surface area contributed by atoms with Crippen LogP contribution in [0.15, 0.2) is 95.9 Å². The molecule has 1 N–H and O–H groups in total. The Morgan fingerprint density at radius 3 is 2.30 bits per heavy atom. The van der Waals surface area contributed by atoms with E-state index in [-0.39, 0.29) is 37.4 Å². The van der Waals surface area contributed by atoms with Crippen LogP contribution >= 0.6 is 11.6 Å². The van der Waals surface area contributed by atoms with Gasteiger partial charge in [-0.3, -0.25) is 13.9 Å². The molecule has 0 saturated carbocycles. The van der Waals surface area contributed by atoms with Gasteiger partial charge in [-0.15, -0.1) is 0 Å². The van der Waals surface area contributed by atoms with Crippen LogP contribution in [0.3, 0.4) is 0 Å². The van der Waals surface area contributed by atoms with E-state index in [0.717, 1.165) is 22.9 Å². The number of benzene rings is 4. The van der Waals surface area contributed by atoms with E-state index in [4.69, 9.17) is 11.6 Å². The molecule has 9 heteroatoms. The third kappa shape index (κ3) is 6.71. The predicted molar refractivity (Wildman–Crippen MR) is 172 cm³/mol. The van der Waals surface area contributed by atoms with E-state index in [1.807, 2.05) is 74.5 Å². The van der Waals surface area contributed by atoms with E-state index in [1.165, 1.54) is 4.31 Å². The summed E-state index contributed by atoms with van der Waals surface area (Å²) in [6.45, 7) is 4.31. The largest absolute Gasteiger partial charge is 0.352 e. The highest BCUT2D eigenvalue weighted by molar-refractivity contribution is 7.93. The number of anilines is 1. The summed E-state index contributed by atoms with van der Waals surface area (Å²) in [4.78, 5) is 29.6. The lowest BCUT2D eigenvalue weighted by atomic mass is 10.0. The minimum atomic E-state index is -3.72. The highest BCUT2D eigenvalue weighted by atomic mass is 35.5. The fourth-order valence-electron chi connectivity index (χ4n) is 5.50. The normalized spacial score (nSPS) is 14.8. The van der Waals surface area contributed by atoms with Crippen LogP contribution in [0.1, 0.15) is 44.2 Å². The van der Waals surface area contributed by atoms with Gasteiger partial charge in [0.2, 0.25) is 11.8 Å². The van der Waals surface area contributed by atoms with Crippen molar-refractivity contribution in [2.24, 2.45) is 0 Å². The molecule has 4 aromatic rings. The molecule has 7 nitrogen and oxygen atoms in total. The molecule has 0 bridgehead atoms. The second-order valence-electron chi connectivity index (χ2n) is 11.0. The van der Waals surface area contributed by atoms with Crippen molar-refractivity contribution in [1.82, 2.24) is 10.2 Å². The molecule has 2 atom stereocenters. The summed E-state index contributed by atoms with van der Waals surface area (Å²) >= 11 is 6.12. The van der Waals surface area contributed by atoms with Crippen LogP contribution < -0.4 is 9.62 Å². The van der Waals surface area contributed by atoms with Crippen LogP contribution in [-0.2, 0) is 32.6 Å². The summed E-state index contributed by atoms with van der Waals surface area (Å²) in [6.07, 6.45) is 1.48. The standard InChI is InChI=1S/C34H36ClN3O4S/c1-3-24(2)36-34(40)30(22-25-10-5-4-6-11-25)37(23-26-17-19-28(35)20-18-26)32(39)16-9-21-38-29-14-7-12-27-13-8-15-31(33(27)29)43(38,41)42/h4-8,10-15,17-20,24,30H,3,9,16,21-23H2,1-2H3,(H,36,40)/t24-,30-/m0/s1. The summed E-state index contributed by atoms with van der Waals surface area (Å²) in [5.41, 5.74) is 2.42. The van der Waals surface area contributed by atoms with E-state index in [1.54, 1.807) is 35.2 Å². The molecule has 224 valence electrons. The van der Waals surface area contributed by atoms with Gasteiger partial charge in [-0.1, -0.05) is 85.3 Å². The summed E-state index contributed by atoms with van der Waals surface area (Å²) in [5, 5.41) is 5.23. The minimum Gasteiger partial charge on any atom is -0.352 e. The molecule has 1 aliphatic heterocycles. The smallest absolute Gasteiger partial charge is 0.265 e. The first kappa shape index (κ1) is 30.6. The van der Waals surface area contributed by atoms with E-state index < -0.39 is 16.1 Å². The first-order chi connectivity index (χ1) is 20.7. The number of nitrogens with one attached hydrogen (secondary N) is 1. The Morgan fingerprint density at radius 2 is 1.60 bits per heavy atom. The number of carbonyl (C=O) groups excluding carboxylic acids is 2. The Labute approximate surface area is 258 Å². The molecule has 2 amide bonds. The fraction of sp³-hybridized carbons (Fsp3) is 0.294. The summed E-state index contributed by atoms with van der Waals surface area (Å²) in [6, 6.07) is 26.9. The number of hydrogen-bond acceptors (Lipinski definition) is 4. The molecule has 0 aliphatic carbocycles. The van der Waals surface area contributed by atoms with Crippen LogP contribution in [0, 0.1) is 0 Å². The van der Waals surface area contributed by atoms with Crippen molar-refractivity contribution in [2.75, 3.05) is 10.8 Å². The Balaban J connectivity index is 1.40. The molecule has 0 saturated heterocycles. The molecule has 0 aromatic heterocycles. The number of sulfonamides is 1. The molecular formula is C34H36ClN3O4S. The average molecular weight is 618 g/mol. The maximum absolute atomic E-state index is 14.0. The number of rotatable bonds is 12. The van der Waals surface area contributed by atoms with E-state index in [2.05, 4.69) is 5.32 Å². The summed E-state index contributed by atoms with van der Waals surface area (Å²) in [5.74, 6) is -0.438. The zero-order valence-electron chi connectivity index (χ0n) is 24.4. The maximum Gasteiger partial charge on any atom is 0.265 e. The number of nitrogens with zero attached hydrogens (tertiary/aromatic N) is 2. The predicted octanol–water partition coefficient (Wildman–Crippen LogP) is 6.34. The third-order valence-corrected chi connectivity index (χ3v) is 10.1. The van der Waals surface area contributed by atoms with Gasteiger partial charge < -0.3 is 10.2 Å². The SMILES string of the molecule is CC[C@H](C)NC(=O)[C@H](Cc1ccccc1)N(Cc1ccc(Cl)cc1)C(=O)CCCN1c2cccc3cccc(c23)S1(=O)=O. The Hall–Kier alpha value is -3.88. The van der Waals surface area contributed by atoms with E-state index in [9.17, 15) is 18.0 Å². The van der Waals surface area contributed by atoms with E-state index in [0.29, 0.717) is 33.8 Å². The zero-order valence-corrected chi connectivity index (χ0v) is 25.9. The van der Waals surface area contributed by atoms with Gasteiger partial charge in [-0.2, -0.15) is 0 Å². The van der Waals surface area contributed by atoms with Crippen LogP contribution in [0.4, 0.5) is 5.69 Å². The van der Waals surface area contributed by atoms with Crippen LogP contribution in [0.5, 0.6) is 0 Å². The Kier molecular flexibility index (Phi) is 9.37. The molecule has 0 unspecified atom stereocenters. The molecule has 0 spiro atoms. The van der Waals surface area contributed by atoms with Gasteiger partial charge in [0.05, 0.1) is 10.6 Å². The quantitative estimate of drug-likeness (QED) is 0.201. The molecule has 43 heavy (non-hydrogen) atoms. The minimum absolute atomic E-state index is 0.0528. The highest BCUT2D eigenvalue weighted by Gasteiger charge is 2.36. The lowest BCUT2D eigenvalue weighted by Crippen LogP contribution is -2.52. The van der Waals surface area contributed by atoms with Gasteiger partial charge in [-0.05, 0) is 60.5 Å². The number of hydrogen-bond donors (Lipinski definition) is 1. The third-order valence-electron chi connectivity index (χ3n) is 7.97. The maximum atomic E-state index is 14.0. The van der Waals surface area contributed by atoms with Crippen LogP contribution in [-0.4, -0.2) is 43.8 Å². The molecule has 0 radical (unpaired) electrons. The van der Waals surface area contributed by atoms with Crippen LogP contribution in [0.25, 0.3) is 10.8 Å². The summed E-state index contributed by atoms with van der Waals surface area (Å²) in [7, 11) is -3.72. The fourth-order valence-corrected chi connectivity index (χ4v) is 7.37. The molecule has 4 aromatic carbocycles. The first-order valence-corrected chi connectivity index (χ1v) is 16.4. The van der Waals surface area contributed by atoms with Crippen molar-refractivity contribution in [1.29, 1.82) is 0 Å². The van der Waals surface area contributed by atoms with Gasteiger partial charge in [0.15, 0.2) is 0 Å². The molecular weight excluding hydrogens is 582 g/mol. The molecule has 0 fully saturated rings. The second kappa shape index (κ2) is 13.2. The van der Waals surface area contributed by atoms with Crippen molar-refractivity contribution in [2.45, 2.75) is 63.1 Å². The number of carbonyl (C=O) groups is 2. The van der Waals surface area contributed by atoms with Crippen molar-refractivity contribution in [3.05, 3.63) is 107 Å². The molecule has 5 rings (SSSR count). The number of amides is 2. The van der Waals surface area contributed by atoms with E-state index >= 15 is 0 Å². The molecule has 1 aliphatic rings. The van der Waals surface area contributed by atoms with Gasteiger partial charge >= 0.3 is 0 Å². The Bertz CT molecular complexity index is 1710. The lowest BCUT2D eigenvalue weighted by Gasteiger charge is -2.32. The monoisotopic (exact) mass is 617 g/mol. The van der Waals surface area contributed by atoms with Gasteiger partial charge in [0.25, 0.3) is 10.0 Å². The average Bonchev–Trinajstić information content (AvgIpc) is 3.23. The summed E-state index contributed by atoms with van der Waals surface area (Å²) < 4.78 is 28.3. The number of halogens is 1. The lowest BCUT2D eigenvalue weighted by molar-refractivity contribution is -0.141. The second-order valence-corrected chi connectivity index (χ2v) is 13.3. The van der Waals surface area contributed by atoms with Gasteiger partial charge in [0, 0.05) is 42.4 Å². The molecule has 1 heterocycles. The van der Waals surface area contributed by atoms with Crippen molar-refractivity contribution >= 4 is 49.9 Å². The topological polar surface area (TPSA) is 86.8 Å².